The molecule has 1 aliphatic heterocycles. The normalized spacial score (nSPS) is 14.6. The third-order valence-corrected chi connectivity index (χ3v) is 7.53. The summed E-state index contributed by atoms with van der Waals surface area (Å²) < 4.78 is 28.2. The Hall–Kier alpha value is -2.96. The molecule has 1 amide bonds. The summed E-state index contributed by atoms with van der Waals surface area (Å²) in [6.07, 6.45) is 1.89. The van der Waals surface area contributed by atoms with Gasteiger partial charge in [0, 0.05) is 25.6 Å². The summed E-state index contributed by atoms with van der Waals surface area (Å²) in [6.45, 7) is 3.24. The number of sulfonamides is 1. The van der Waals surface area contributed by atoms with Crippen LogP contribution in [0.25, 0.3) is 0 Å². The zero-order valence-electron chi connectivity index (χ0n) is 18.2. The summed E-state index contributed by atoms with van der Waals surface area (Å²) >= 11 is 0. The molecule has 0 bridgehead atoms. The molecule has 5 nitrogen and oxygen atoms in total. The second-order valence-corrected chi connectivity index (χ2v) is 9.95. The van der Waals surface area contributed by atoms with E-state index >= 15 is 0 Å². The maximum atomic E-state index is 12.7. The first-order chi connectivity index (χ1) is 15.4. The molecule has 0 saturated carbocycles. The van der Waals surface area contributed by atoms with Crippen molar-refractivity contribution in [2.75, 3.05) is 6.54 Å². The maximum Gasteiger partial charge on any atom is 0.241 e. The zero-order valence-corrected chi connectivity index (χ0v) is 19.0. The van der Waals surface area contributed by atoms with Crippen LogP contribution in [0.5, 0.6) is 0 Å². The molecule has 0 aromatic heterocycles. The van der Waals surface area contributed by atoms with Gasteiger partial charge in [-0.3, -0.25) is 4.79 Å². The van der Waals surface area contributed by atoms with Crippen LogP contribution in [0.2, 0.25) is 0 Å². The van der Waals surface area contributed by atoms with Crippen molar-refractivity contribution in [1.29, 1.82) is 0 Å². The average molecular weight is 449 g/mol. The van der Waals surface area contributed by atoms with Gasteiger partial charge in [-0.15, -0.1) is 0 Å². The van der Waals surface area contributed by atoms with E-state index in [1.807, 2.05) is 54.3 Å². The van der Waals surface area contributed by atoms with E-state index < -0.39 is 10.0 Å². The lowest BCUT2D eigenvalue weighted by Gasteiger charge is -2.29. The fraction of sp³-hybridized carbons (Fsp3) is 0.269. The number of nitrogens with one attached hydrogen (secondary N) is 1. The van der Waals surface area contributed by atoms with Crippen molar-refractivity contribution in [2.24, 2.45) is 0 Å². The molecule has 0 fully saturated rings. The summed E-state index contributed by atoms with van der Waals surface area (Å²) in [4.78, 5) is 14.8. The first-order valence-electron chi connectivity index (χ1n) is 10.9. The standard InChI is InChI=1S/C26H28N2O3S/c1-20(22-7-3-2-4-8-22)27-32(30,31)25-14-11-21(12-15-25)13-16-26(29)28-18-17-23-9-5-6-10-24(23)19-28/h2-12,14-15,20,27H,13,16-19H2,1H3/t20-/m0/s1. The minimum absolute atomic E-state index is 0.134. The highest BCUT2D eigenvalue weighted by atomic mass is 32.2. The van der Waals surface area contributed by atoms with Gasteiger partial charge in [0.1, 0.15) is 0 Å². The fourth-order valence-electron chi connectivity index (χ4n) is 4.06. The van der Waals surface area contributed by atoms with Crippen molar-refractivity contribution in [1.82, 2.24) is 9.62 Å². The second-order valence-electron chi connectivity index (χ2n) is 8.23. The molecule has 32 heavy (non-hydrogen) atoms. The number of fused-ring (bicyclic) bond motifs is 1. The SMILES string of the molecule is C[C@H](NS(=O)(=O)c1ccc(CCC(=O)N2CCc3ccccc3C2)cc1)c1ccccc1. The smallest absolute Gasteiger partial charge is 0.241 e. The molecule has 0 unspecified atom stereocenters. The lowest BCUT2D eigenvalue weighted by atomic mass is 9.99. The molecular formula is C26H28N2O3S. The molecule has 0 radical (unpaired) electrons. The van der Waals surface area contributed by atoms with E-state index in [1.165, 1.54) is 11.1 Å². The number of hydrogen-bond acceptors (Lipinski definition) is 3. The number of carbonyl (C=O) groups is 1. The van der Waals surface area contributed by atoms with E-state index in [9.17, 15) is 13.2 Å². The molecule has 0 saturated heterocycles. The Labute approximate surface area is 190 Å². The van der Waals surface area contributed by atoms with E-state index in [2.05, 4.69) is 16.9 Å². The Balaban J connectivity index is 1.33. The van der Waals surface area contributed by atoms with Crippen molar-refractivity contribution in [2.45, 2.75) is 43.7 Å². The predicted molar refractivity (Wildman–Crippen MR) is 126 cm³/mol. The quantitative estimate of drug-likeness (QED) is 0.588. The number of hydrogen-bond donors (Lipinski definition) is 1. The van der Waals surface area contributed by atoms with Gasteiger partial charge in [-0.2, -0.15) is 0 Å². The molecule has 166 valence electrons. The highest BCUT2D eigenvalue weighted by Gasteiger charge is 2.21. The summed E-state index contributed by atoms with van der Waals surface area (Å²) in [5.74, 6) is 0.134. The Kier molecular flexibility index (Phi) is 6.72. The monoisotopic (exact) mass is 448 g/mol. The van der Waals surface area contributed by atoms with Crippen molar-refractivity contribution in [3.63, 3.8) is 0 Å². The van der Waals surface area contributed by atoms with Gasteiger partial charge in [-0.25, -0.2) is 13.1 Å². The van der Waals surface area contributed by atoms with Gasteiger partial charge in [0.25, 0.3) is 0 Å². The first-order valence-corrected chi connectivity index (χ1v) is 12.4. The van der Waals surface area contributed by atoms with Gasteiger partial charge < -0.3 is 4.90 Å². The molecule has 1 atom stereocenters. The number of benzene rings is 3. The van der Waals surface area contributed by atoms with Gasteiger partial charge in [-0.1, -0.05) is 66.7 Å². The molecule has 3 aromatic carbocycles. The zero-order chi connectivity index (χ0) is 22.6. The van der Waals surface area contributed by atoms with E-state index in [4.69, 9.17) is 0 Å². The third-order valence-electron chi connectivity index (χ3n) is 5.98. The third kappa shape index (κ3) is 5.26. The number of amides is 1. The average Bonchev–Trinajstić information content (AvgIpc) is 2.82. The highest BCUT2D eigenvalue weighted by Crippen LogP contribution is 2.20. The molecule has 0 spiro atoms. The Morgan fingerprint density at radius 2 is 1.59 bits per heavy atom. The Morgan fingerprint density at radius 1 is 0.938 bits per heavy atom. The van der Waals surface area contributed by atoms with Crippen molar-refractivity contribution < 1.29 is 13.2 Å². The van der Waals surface area contributed by atoms with Crippen molar-refractivity contribution >= 4 is 15.9 Å². The van der Waals surface area contributed by atoms with Crippen LogP contribution < -0.4 is 4.72 Å². The lowest BCUT2D eigenvalue weighted by molar-refractivity contribution is -0.132. The fourth-order valence-corrected chi connectivity index (χ4v) is 5.30. The van der Waals surface area contributed by atoms with Crippen LogP contribution in [-0.2, 0) is 34.2 Å². The van der Waals surface area contributed by atoms with E-state index in [1.54, 1.807) is 24.3 Å². The number of nitrogens with zero attached hydrogens (tertiary/aromatic N) is 1. The molecular weight excluding hydrogens is 420 g/mol. The largest absolute Gasteiger partial charge is 0.338 e. The molecule has 3 aromatic rings. The van der Waals surface area contributed by atoms with Crippen molar-refractivity contribution in [3.8, 4) is 0 Å². The van der Waals surface area contributed by atoms with Crippen LogP contribution >= 0.6 is 0 Å². The van der Waals surface area contributed by atoms with Gasteiger partial charge >= 0.3 is 0 Å². The minimum atomic E-state index is -3.63. The topological polar surface area (TPSA) is 66.5 Å². The van der Waals surface area contributed by atoms with Gasteiger partial charge in [0.2, 0.25) is 15.9 Å². The van der Waals surface area contributed by atoms with Gasteiger partial charge in [0.15, 0.2) is 0 Å². The maximum absolute atomic E-state index is 12.7. The molecule has 1 N–H and O–H groups in total. The highest BCUT2D eigenvalue weighted by molar-refractivity contribution is 7.89. The van der Waals surface area contributed by atoms with Crippen LogP contribution in [0.15, 0.2) is 83.8 Å². The first kappa shape index (κ1) is 22.2. The van der Waals surface area contributed by atoms with Crippen LogP contribution in [0.4, 0.5) is 0 Å². The summed E-state index contributed by atoms with van der Waals surface area (Å²) in [6, 6.07) is 24.2. The van der Waals surface area contributed by atoms with Crippen molar-refractivity contribution in [3.05, 3.63) is 101 Å². The number of rotatable bonds is 7. The van der Waals surface area contributed by atoms with E-state index in [0.29, 0.717) is 19.4 Å². The lowest BCUT2D eigenvalue weighted by Crippen LogP contribution is -2.36. The second kappa shape index (κ2) is 9.67. The van der Waals surface area contributed by atoms with E-state index in [0.717, 1.165) is 24.1 Å². The molecule has 6 heteroatoms. The Bertz CT molecular complexity index is 1180. The van der Waals surface area contributed by atoms with Crippen LogP contribution in [0, 0.1) is 0 Å². The molecule has 1 aliphatic rings. The Morgan fingerprint density at radius 3 is 2.31 bits per heavy atom. The number of carbonyl (C=O) groups excluding carboxylic acids is 1. The minimum Gasteiger partial charge on any atom is -0.338 e. The van der Waals surface area contributed by atoms with Gasteiger partial charge in [0.05, 0.1) is 4.90 Å². The summed E-state index contributed by atoms with van der Waals surface area (Å²) in [7, 11) is -3.63. The van der Waals surface area contributed by atoms with Gasteiger partial charge in [-0.05, 0) is 54.2 Å². The number of aryl methyl sites for hydroxylation is 1. The molecule has 0 aliphatic carbocycles. The molecule has 1 heterocycles. The predicted octanol–water partition coefficient (Wildman–Crippen LogP) is 4.24. The van der Waals surface area contributed by atoms with Crippen LogP contribution in [0.1, 0.15) is 41.6 Å². The van der Waals surface area contributed by atoms with E-state index in [-0.39, 0.29) is 16.8 Å². The molecule has 4 rings (SSSR count). The summed E-state index contributed by atoms with van der Waals surface area (Å²) in [5, 5.41) is 0. The van der Waals surface area contributed by atoms with Crippen LogP contribution in [0.3, 0.4) is 0 Å². The summed E-state index contributed by atoms with van der Waals surface area (Å²) in [5.41, 5.74) is 4.40. The van der Waals surface area contributed by atoms with Crippen LogP contribution in [-0.4, -0.2) is 25.8 Å².